The minimum atomic E-state index is -0.310. The Labute approximate surface area is 177 Å². The number of amides is 1. The smallest absolute Gasteiger partial charge is 0.235 e. The third-order valence-electron chi connectivity index (χ3n) is 6.17. The van der Waals surface area contributed by atoms with Crippen LogP contribution in [0.5, 0.6) is 0 Å². The number of likely N-dealkylation sites (tertiary alicyclic amines) is 1. The Morgan fingerprint density at radius 1 is 1.03 bits per heavy atom. The van der Waals surface area contributed by atoms with Crippen molar-refractivity contribution in [1.82, 2.24) is 20.2 Å². The first-order chi connectivity index (χ1) is 14.8. The quantitative estimate of drug-likeness (QED) is 0.729. The SMILES string of the molecule is O=C(C(c1ccccc1)c1ccccc1)N1CCC[C@@H]1c1ncc2c(n1)CCNC2. The first-order valence-corrected chi connectivity index (χ1v) is 10.8. The highest BCUT2D eigenvalue weighted by molar-refractivity contribution is 5.87. The van der Waals surface area contributed by atoms with E-state index in [9.17, 15) is 4.79 Å². The Morgan fingerprint density at radius 3 is 2.43 bits per heavy atom. The second kappa shape index (κ2) is 8.36. The Bertz CT molecular complexity index is 982. The molecule has 1 N–H and O–H groups in total. The molecule has 5 nitrogen and oxygen atoms in total. The van der Waals surface area contributed by atoms with Gasteiger partial charge in [0.1, 0.15) is 0 Å². The Kier molecular flexibility index (Phi) is 5.28. The average molecular weight is 399 g/mol. The number of nitrogens with one attached hydrogen (secondary N) is 1. The van der Waals surface area contributed by atoms with Gasteiger partial charge in [-0.05, 0) is 24.0 Å². The van der Waals surface area contributed by atoms with Gasteiger partial charge in [0.15, 0.2) is 5.82 Å². The lowest BCUT2D eigenvalue weighted by molar-refractivity contribution is -0.133. The minimum Gasteiger partial charge on any atom is -0.332 e. The molecule has 3 heterocycles. The largest absolute Gasteiger partial charge is 0.332 e. The minimum absolute atomic E-state index is 0.0485. The van der Waals surface area contributed by atoms with Gasteiger partial charge in [0, 0.05) is 43.5 Å². The van der Waals surface area contributed by atoms with Crippen LogP contribution in [0.25, 0.3) is 0 Å². The molecule has 1 atom stereocenters. The van der Waals surface area contributed by atoms with Crippen molar-refractivity contribution in [3.05, 3.63) is 95.1 Å². The van der Waals surface area contributed by atoms with Crippen LogP contribution in [0.15, 0.2) is 66.9 Å². The van der Waals surface area contributed by atoms with E-state index < -0.39 is 0 Å². The predicted molar refractivity (Wildman–Crippen MR) is 116 cm³/mol. The van der Waals surface area contributed by atoms with Gasteiger partial charge in [-0.15, -0.1) is 0 Å². The number of carbonyl (C=O) groups is 1. The molecule has 1 amide bonds. The van der Waals surface area contributed by atoms with Crippen LogP contribution in [-0.2, 0) is 17.8 Å². The van der Waals surface area contributed by atoms with Crippen molar-refractivity contribution in [1.29, 1.82) is 0 Å². The molecule has 2 aromatic carbocycles. The molecule has 0 radical (unpaired) electrons. The van der Waals surface area contributed by atoms with E-state index in [4.69, 9.17) is 4.98 Å². The summed E-state index contributed by atoms with van der Waals surface area (Å²) in [6.07, 6.45) is 4.76. The highest BCUT2D eigenvalue weighted by Gasteiger charge is 2.37. The van der Waals surface area contributed by atoms with Gasteiger partial charge >= 0.3 is 0 Å². The van der Waals surface area contributed by atoms with E-state index in [2.05, 4.69) is 10.3 Å². The highest BCUT2D eigenvalue weighted by atomic mass is 16.2. The lowest BCUT2D eigenvalue weighted by Gasteiger charge is -2.29. The first kappa shape index (κ1) is 18.9. The van der Waals surface area contributed by atoms with Crippen molar-refractivity contribution in [3.63, 3.8) is 0 Å². The topological polar surface area (TPSA) is 58.1 Å². The van der Waals surface area contributed by atoms with Crippen LogP contribution in [0.4, 0.5) is 0 Å². The van der Waals surface area contributed by atoms with Gasteiger partial charge in [0.05, 0.1) is 12.0 Å². The summed E-state index contributed by atoms with van der Waals surface area (Å²) >= 11 is 0. The van der Waals surface area contributed by atoms with Crippen molar-refractivity contribution < 1.29 is 4.79 Å². The highest BCUT2D eigenvalue weighted by Crippen LogP contribution is 2.36. The van der Waals surface area contributed by atoms with Crippen molar-refractivity contribution >= 4 is 5.91 Å². The summed E-state index contributed by atoms with van der Waals surface area (Å²) in [5.74, 6) is 0.620. The maximum absolute atomic E-state index is 13.9. The summed E-state index contributed by atoms with van der Waals surface area (Å²) in [6.45, 7) is 2.52. The predicted octanol–water partition coefficient (Wildman–Crippen LogP) is 3.62. The Balaban J connectivity index is 1.48. The fourth-order valence-electron chi connectivity index (χ4n) is 4.65. The van der Waals surface area contributed by atoms with Crippen LogP contribution in [0, 0.1) is 0 Å². The normalized spacial score (nSPS) is 18.4. The van der Waals surface area contributed by atoms with Crippen molar-refractivity contribution in [2.24, 2.45) is 0 Å². The summed E-state index contributed by atoms with van der Waals surface area (Å²) in [7, 11) is 0. The molecule has 2 aliphatic heterocycles. The molecule has 1 saturated heterocycles. The molecule has 0 unspecified atom stereocenters. The van der Waals surface area contributed by atoms with Crippen LogP contribution in [0.3, 0.4) is 0 Å². The van der Waals surface area contributed by atoms with Crippen molar-refractivity contribution in [3.8, 4) is 0 Å². The van der Waals surface area contributed by atoms with Crippen molar-refractivity contribution in [2.45, 2.75) is 37.8 Å². The van der Waals surface area contributed by atoms with Gasteiger partial charge < -0.3 is 10.2 Å². The molecule has 1 aromatic heterocycles. The van der Waals surface area contributed by atoms with Gasteiger partial charge in [-0.3, -0.25) is 4.79 Å². The number of benzene rings is 2. The van der Waals surface area contributed by atoms with Gasteiger partial charge in [-0.2, -0.15) is 0 Å². The summed E-state index contributed by atoms with van der Waals surface area (Å²) in [5, 5.41) is 3.36. The average Bonchev–Trinajstić information content (AvgIpc) is 3.30. The molecular formula is C25H26N4O. The van der Waals surface area contributed by atoms with Crippen LogP contribution in [0.2, 0.25) is 0 Å². The molecule has 5 heteroatoms. The van der Waals surface area contributed by atoms with Gasteiger partial charge in [0.2, 0.25) is 5.91 Å². The van der Waals surface area contributed by atoms with E-state index in [1.54, 1.807) is 0 Å². The Morgan fingerprint density at radius 2 is 1.73 bits per heavy atom. The zero-order valence-corrected chi connectivity index (χ0v) is 17.0. The summed E-state index contributed by atoms with van der Waals surface area (Å²) in [4.78, 5) is 25.4. The van der Waals surface area contributed by atoms with Crippen LogP contribution >= 0.6 is 0 Å². The summed E-state index contributed by atoms with van der Waals surface area (Å²) in [6, 6.07) is 20.1. The molecule has 0 bridgehead atoms. The number of nitrogens with zero attached hydrogens (tertiary/aromatic N) is 3. The van der Waals surface area contributed by atoms with Gasteiger partial charge in [-0.1, -0.05) is 60.7 Å². The molecule has 0 spiro atoms. The number of hydrogen-bond acceptors (Lipinski definition) is 4. The Hall–Kier alpha value is -3.05. The molecule has 5 rings (SSSR count). The number of aromatic nitrogens is 2. The summed E-state index contributed by atoms with van der Waals surface area (Å²) < 4.78 is 0. The van der Waals surface area contributed by atoms with E-state index in [0.717, 1.165) is 61.5 Å². The second-order valence-corrected chi connectivity index (χ2v) is 8.07. The number of fused-ring (bicyclic) bond motifs is 1. The number of rotatable bonds is 4. The molecule has 0 saturated carbocycles. The molecule has 2 aliphatic rings. The van der Waals surface area contributed by atoms with E-state index >= 15 is 0 Å². The van der Waals surface area contributed by atoms with Crippen LogP contribution in [-0.4, -0.2) is 33.9 Å². The third-order valence-corrected chi connectivity index (χ3v) is 6.17. The van der Waals surface area contributed by atoms with Gasteiger partial charge in [-0.25, -0.2) is 9.97 Å². The maximum atomic E-state index is 13.9. The zero-order valence-electron chi connectivity index (χ0n) is 17.0. The fourth-order valence-corrected chi connectivity index (χ4v) is 4.65. The molecule has 3 aromatic rings. The molecule has 0 aliphatic carbocycles. The van der Waals surface area contributed by atoms with Crippen molar-refractivity contribution in [2.75, 3.05) is 13.1 Å². The van der Waals surface area contributed by atoms with Crippen LogP contribution in [0.1, 0.15) is 53.0 Å². The molecular weight excluding hydrogens is 372 g/mol. The fraction of sp³-hybridized carbons (Fsp3) is 0.320. The number of carbonyl (C=O) groups excluding carboxylic acids is 1. The van der Waals surface area contributed by atoms with E-state index in [1.807, 2.05) is 71.8 Å². The number of hydrogen-bond donors (Lipinski definition) is 1. The lowest BCUT2D eigenvalue weighted by atomic mass is 9.89. The van der Waals surface area contributed by atoms with E-state index in [-0.39, 0.29) is 17.9 Å². The van der Waals surface area contributed by atoms with Gasteiger partial charge in [0.25, 0.3) is 0 Å². The van der Waals surface area contributed by atoms with Crippen LogP contribution < -0.4 is 5.32 Å². The molecule has 1 fully saturated rings. The standard InChI is InChI=1S/C25H26N4O/c30-25(23(18-8-3-1-4-9-18)19-10-5-2-6-11-19)29-15-7-12-22(29)24-27-17-20-16-26-14-13-21(20)28-24/h1-6,8-11,17,22-23,26H,7,12-16H2/t22-/m1/s1. The van der Waals surface area contributed by atoms with E-state index in [0.29, 0.717) is 0 Å². The second-order valence-electron chi connectivity index (χ2n) is 8.07. The summed E-state index contributed by atoms with van der Waals surface area (Å²) in [5.41, 5.74) is 4.35. The van der Waals surface area contributed by atoms with E-state index in [1.165, 1.54) is 5.56 Å². The lowest BCUT2D eigenvalue weighted by Crippen LogP contribution is -2.36. The zero-order chi connectivity index (χ0) is 20.3. The monoisotopic (exact) mass is 398 g/mol. The third kappa shape index (κ3) is 3.61. The maximum Gasteiger partial charge on any atom is 0.235 e. The molecule has 30 heavy (non-hydrogen) atoms. The first-order valence-electron chi connectivity index (χ1n) is 10.8. The molecule has 152 valence electrons.